The highest BCUT2D eigenvalue weighted by Gasteiger charge is 2.56. The molecule has 2 unspecified atom stereocenters. The predicted molar refractivity (Wildman–Crippen MR) is 94.7 cm³/mol. The molecule has 1 aliphatic heterocycles. The van der Waals surface area contributed by atoms with Gasteiger partial charge in [-0.05, 0) is 37.1 Å². The number of benzene rings is 1. The number of carboxylic acid groups (broad SMARTS) is 1. The van der Waals surface area contributed by atoms with E-state index in [0.29, 0.717) is 24.9 Å². The van der Waals surface area contributed by atoms with Crippen LogP contribution in [0.2, 0.25) is 0 Å². The maximum absolute atomic E-state index is 12.7. The molecule has 0 bridgehead atoms. The van der Waals surface area contributed by atoms with Crippen LogP contribution in [0.4, 0.5) is 13.2 Å². The van der Waals surface area contributed by atoms with Crippen molar-refractivity contribution in [2.75, 3.05) is 25.8 Å². The standard InChI is InChI=1S/C17H24F3N2O4P/c18-17(19,20)14-5-3-13(4-6-14)11-22-9-10-27(25,26)16(12-22,15(23)24)7-1-2-8-21/h3-6H,1-2,7-12,21H2,(H,23,24)(H,25,26). The fourth-order valence-electron chi connectivity index (χ4n) is 3.38. The molecule has 0 spiro atoms. The zero-order valence-corrected chi connectivity index (χ0v) is 15.7. The van der Waals surface area contributed by atoms with Gasteiger partial charge in [0.25, 0.3) is 0 Å². The number of rotatable bonds is 7. The Morgan fingerprint density at radius 3 is 2.41 bits per heavy atom. The number of hydrogen-bond donors (Lipinski definition) is 3. The van der Waals surface area contributed by atoms with Crippen LogP contribution in [0.5, 0.6) is 0 Å². The Kier molecular flexibility index (Phi) is 6.73. The van der Waals surface area contributed by atoms with Crippen LogP contribution in [0.3, 0.4) is 0 Å². The van der Waals surface area contributed by atoms with Gasteiger partial charge in [-0.25, -0.2) is 0 Å². The zero-order chi connectivity index (χ0) is 20.3. The molecular formula is C17H24F3N2O4P. The monoisotopic (exact) mass is 408 g/mol. The first-order valence-corrected chi connectivity index (χ1v) is 10.5. The van der Waals surface area contributed by atoms with E-state index in [4.69, 9.17) is 5.73 Å². The molecule has 27 heavy (non-hydrogen) atoms. The Labute approximate surface area is 155 Å². The summed E-state index contributed by atoms with van der Waals surface area (Å²) in [7, 11) is -3.93. The molecule has 2 atom stereocenters. The van der Waals surface area contributed by atoms with Crippen molar-refractivity contribution in [3.8, 4) is 0 Å². The number of aliphatic carboxylic acids is 1. The van der Waals surface area contributed by atoms with E-state index in [0.717, 1.165) is 12.1 Å². The molecule has 2 rings (SSSR count). The second-order valence-electron chi connectivity index (χ2n) is 6.91. The van der Waals surface area contributed by atoms with Crippen LogP contribution in [0, 0.1) is 0 Å². The lowest BCUT2D eigenvalue weighted by Gasteiger charge is -2.43. The molecule has 0 aliphatic carbocycles. The molecule has 0 saturated carbocycles. The highest BCUT2D eigenvalue weighted by molar-refractivity contribution is 7.61. The summed E-state index contributed by atoms with van der Waals surface area (Å²) in [5.74, 6) is -1.32. The van der Waals surface area contributed by atoms with Gasteiger partial charge in [0.1, 0.15) is 0 Å². The number of hydrogen-bond acceptors (Lipinski definition) is 4. The number of alkyl halides is 3. The van der Waals surface area contributed by atoms with Crippen molar-refractivity contribution in [1.82, 2.24) is 4.90 Å². The molecule has 1 aromatic rings. The van der Waals surface area contributed by atoms with Gasteiger partial charge in [-0.1, -0.05) is 18.6 Å². The average Bonchev–Trinajstić information content (AvgIpc) is 2.57. The van der Waals surface area contributed by atoms with E-state index in [1.54, 1.807) is 4.90 Å². The third-order valence-electron chi connectivity index (χ3n) is 5.00. The van der Waals surface area contributed by atoms with Gasteiger partial charge in [0.15, 0.2) is 5.16 Å². The minimum absolute atomic E-state index is 0.0385. The Morgan fingerprint density at radius 2 is 1.89 bits per heavy atom. The molecule has 10 heteroatoms. The first-order chi connectivity index (χ1) is 12.5. The van der Waals surface area contributed by atoms with Gasteiger partial charge in [0.05, 0.1) is 5.56 Å². The highest BCUT2D eigenvalue weighted by Crippen LogP contribution is 2.59. The molecule has 4 N–H and O–H groups in total. The normalized spacial score (nSPS) is 26.9. The van der Waals surface area contributed by atoms with E-state index in [2.05, 4.69) is 0 Å². The topological polar surface area (TPSA) is 104 Å². The fourth-order valence-corrected chi connectivity index (χ4v) is 5.59. The number of nitrogens with two attached hydrogens (primary N) is 1. The second-order valence-corrected chi connectivity index (χ2v) is 9.62. The van der Waals surface area contributed by atoms with Crippen molar-refractivity contribution in [1.29, 1.82) is 0 Å². The van der Waals surface area contributed by atoms with Crippen molar-refractivity contribution in [3.63, 3.8) is 0 Å². The molecule has 1 fully saturated rings. The first kappa shape index (κ1) is 21.9. The van der Waals surface area contributed by atoms with Crippen molar-refractivity contribution in [2.24, 2.45) is 5.73 Å². The minimum Gasteiger partial charge on any atom is -0.480 e. The van der Waals surface area contributed by atoms with Gasteiger partial charge in [-0.15, -0.1) is 0 Å². The number of halogens is 3. The quantitative estimate of drug-likeness (QED) is 0.474. The van der Waals surface area contributed by atoms with Crippen molar-refractivity contribution in [3.05, 3.63) is 35.4 Å². The van der Waals surface area contributed by atoms with Gasteiger partial charge < -0.3 is 15.7 Å². The maximum Gasteiger partial charge on any atom is 0.416 e. The summed E-state index contributed by atoms with van der Waals surface area (Å²) in [5.41, 5.74) is 5.26. The molecule has 0 amide bonds. The van der Waals surface area contributed by atoms with Crippen LogP contribution >= 0.6 is 7.37 Å². The van der Waals surface area contributed by atoms with E-state index in [-0.39, 0.29) is 32.2 Å². The molecular weight excluding hydrogens is 384 g/mol. The second kappa shape index (κ2) is 8.31. The Balaban J connectivity index is 2.17. The van der Waals surface area contributed by atoms with E-state index in [1.165, 1.54) is 12.1 Å². The number of unbranched alkanes of at least 4 members (excludes halogenated alkanes) is 1. The van der Waals surface area contributed by atoms with Crippen molar-refractivity contribution in [2.45, 2.75) is 37.1 Å². The van der Waals surface area contributed by atoms with Crippen LogP contribution in [0.25, 0.3) is 0 Å². The Morgan fingerprint density at radius 1 is 1.26 bits per heavy atom. The van der Waals surface area contributed by atoms with Crippen molar-refractivity contribution >= 4 is 13.3 Å². The molecule has 0 aromatic heterocycles. The summed E-state index contributed by atoms with van der Waals surface area (Å²) in [6.45, 7) is 0.660. The lowest BCUT2D eigenvalue weighted by molar-refractivity contribution is -0.142. The third kappa shape index (κ3) is 4.90. The molecule has 6 nitrogen and oxygen atoms in total. The maximum atomic E-state index is 12.7. The molecule has 0 radical (unpaired) electrons. The summed E-state index contributed by atoms with van der Waals surface area (Å²) in [6.07, 6.45) is -3.58. The molecule has 1 heterocycles. The zero-order valence-electron chi connectivity index (χ0n) is 14.8. The average molecular weight is 408 g/mol. The van der Waals surface area contributed by atoms with Crippen LogP contribution in [0.1, 0.15) is 30.4 Å². The van der Waals surface area contributed by atoms with E-state index >= 15 is 0 Å². The molecule has 1 saturated heterocycles. The lowest BCUT2D eigenvalue weighted by Crippen LogP contribution is -2.53. The summed E-state index contributed by atoms with van der Waals surface area (Å²) in [5, 5.41) is 7.95. The summed E-state index contributed by atoms with van der Waals surface area (Å²) in [6, 6.07) is 4.63. The van der Waals surface area contributed by atoms with E-state index < -0.39 is 30.2 Å². The fraction of sp³-hybridized carbons (Fsp3) is 0.588. The Bertz CT molecular complexity index is 711. The summed E-state index contributed by atoms with van der Waals surface area (Å²) >= 11 is 0. The van der Waals surface area contributed by atoms with Gasteiger partial charge in [-0.2, -0.15) is 13.2 Å². The van der Waals surface area contributed by atoms with Crippen LogP contribution in [-0.4, -0.2) is 51.8 Å². The van der Waals surface area contributed by atoms with Gasteiger partial charge in [0.2, 0.25) is 7.37 Å². The van der Waals surface area contributed by atoms with Crippen LogP contribution in [-0.2, 0) is 22.1 Å². The van der Waals surface area contributed by atoms with Crippen LogP contribution < -0.4 is 5.73 Å². The summed E-state index contributed by atoms with van der Waals surface area (Å²) in [4.78, 5) is 24.0. The highest BCUT2D eigenvalue weighted by atomic mass is 31.2. The smallest absolute Gasteiger partial charge is 0.416 e. The molecule has 1 aromatic carbocycles. The number of carbonyl (C=O) groups is 1. The number of carboxylic acids is 1. The van der Waals surface area contributed by atoms with Gasteiger partial charge in [0, 0.05) is 25.8 Å². The molecule has 152 valence electrons. The van der Waals surface area contributed by atoms with E-state index in [9.17, 15) is 32.5 Å². The van der Waals surface area contributed by atoms with Crippen LogP contribution in [0.15, 0.2) is 24.3 Å². The number of nitrogens with zero attached hydrogens (tertiary/aromatic N) is 1. The largest absolute Gasteiger partial charge is 0.480 e. The lowest BCUT2D eigenvalue weighted by atomic mass is 9.99. The first-order valence-electron chi connectivity index (χ1n) is 8.66. The molecule has 1 aliphatic rings. The SMILES string of the molecule is NCCCCC1(C(=O)O)CN(Cc2ccc(C(F)(F)F)cc2)CCP1(=O)O. The van der Waals surface area contributed by atoms with Gasteiger partial charge in [-0.3, -0.25) is 14.3 Å². The predicted octanol–water partition coefficient (Wildman–Crippen LogP) is 2.74. The van der Waals surface area contributed by atoms with E-state index in [1.807, 2.05) is 0 Å². The minimum atomic E-state index is -4.42. The summed E-state index contributed by atoms with van der Waals surface area (Å²) < 4.78 is 50.6. The Hall–Kier alpha value is -1.41. The third-order valence-corrected chi connectivity index (χ3v) is 7.70. The van der Waals surface area contributed by atoms with Crippen molar-refractivity contribution < 1.29 is 32.5 Å². The van der Waals surface area contributed by atoms with Gasteiger partial charge >= 0.3 is 12.1 Å².